The van der Waals surface area contributed by atoms with Gasteiger partial charge in [-0.3, -0.25) is 9.80 Å². The van der Waals surface area contributed by atoms with Crippen LogP contribution in [-0.4, -0.2) is 75.1 Å². The maximum absolute atomic E-state index is 12.2. The molecule has 2 saturated heterocycles. The Morgan fingerprint density at radius 3 is 2.65 bits per heavy atom. The predicted molar refractivity (Wildman–Crippen MR) is 98.9 cm³/mol. The smallest absolute Gasteiger partial charge is 0.260 e. The zero-order valence-electron chi connectivity index (χ0n) is 15.4. The van der Waals surface area contributed by atoms with E-state index in [1.54, 1.807) is 12.0 Å². The fraction of sp³-hybridized carbons (Fsp3) is 0.579. The van der Waals surface area contributed by atoms with E-state index in [0.717, 1.165) is 18.7 Å². The summed E-state index contributed by atoms with van der Waals surface area (Å²) in [5.41, 5.74) is 0.944. The van der Waals surface area contributed by atoms with Crippen molar-refractivity contribution in [3.05, 3.63) is 23.8 Å². The number of nitrogens with zero attached hydrogens (tertiary/aromatic N) is 3. The van der Waals surface area contributed by atoms with Gasteiger partial charge in [-0.2, -0.15) is 5.10 Å². The van der Waals surface area contributed by atoms with E-state index >= 15 is 0 Å². The van der Waals surface area contributed by atoms with Gasteiger partial charge in [0.25, 0.3) is 5.91 Å². The highest BCUT2D eigenvalue weighted by molar-refractivity contribution is 5.81. The van der Waals surface area contributed by atoms with Gasteiger partial charge in [0.2, 0.25) is 0 Å². The number of amides is 1. The highest BCUT2D eigenvalue weighted by atomic mass is 16.5. The SMILES string of the molecule is COc1cc(/C=N/N2CCCCC2)ccc1OCC(=O)N1CCOCC1. The third kappa shape index (κ3) is 5.11. The van der Waals surface area contributed by atoms with E-state index in [0.29, 0.717) is 37.8 Å². The van der Waals surface area contributed by atoms with Crippen LogP contribution >= 0.6 is 0 Å². The molecule has 2 aliphatic rings. The molecular formula is C19H27N3O4. The molecule has 2 aliphatic heterocycles. The molecule has 1 aromatic carbocycles. The Kier molecular flexibility index (Phi) is 6.71. The molecule has 0 N–H and O–H groups in total. The maximum atomic E-state index is 12.2. The fourth-order valence-electron chi connectivity index (χ4n) is 3.07. The Bertz CT molecular complexity index is 623. The summed E-state index contributed by atoms with van der Waals surface area (Å²) in [6.45, 7) is 4.42. The summed E-state index contributed by atoms with van der Waals surface area (Å²) >= 11 is 0. The zero-order valence-corrected chi connectivity index (χ0v) is 15.4. The Morgan fingerprint density at radius 1 is 1.15 bits per heavy atom. The summed E-state index contributed by atoms with van der Waals surface area (Å²) < 4.78 is 16.3. The van der Waals surface area contributed by atoms with Crippen LogP contribution in [0.15, 0.2) is 23.3 Å². The molecule has 0 saturated carbocycles. The quantitative estimate of drug-likeness (QED) is 0.723. The molecule has 0 spiro atoms. The van der Waals surface area contributed by atoms with E-state index in [2.05, 4.69) is 10.1 Å². The van der Waals surface area contributed by atoms with Gasteiger partial charge in [0.05, 0.1) is 26.5 Å². The molecule has 7 heteroatoms. The molecule has 7 nitrogen and oxygen atoms in total. The highest BCUT2D eigenvalue weighted by Gasteiger charge is 2.18. The summed E-state index contributed by atoms with van der Waals surface area (Å²) in [5.74, 6) is 1.12. The number of piperidine rings is 1. The first-order chi connectivity index (χ1) is 12.8. The van der Waals surface area contributed by atoms with Crippen LogP contribution in [0.25, 0.3) is 0 Å². The van der Waals surface area contributed by atoms with Crippen LogP contribution in [0, 0.1) is 0 Å². The molecule has 1 amide bonds. The van der Waals surface area contributed by atoms with Crippen LogP contribution in [0.5, 0.6) is 11.5 Å². The number of hydrazone groups is 1. The van der Waals surface area contributed by atoms with E-state index in [1.165, 1.54) is 19.3 Å². The molecule has 2 heterocycles. The van der Waals surface area contributed by atoms with Crippen LogP contribution in [-0.2, 0) is 9.53 Å². The zero-order chi connectivity index (χ0) is 18.2. The molecule has 0 aromatic heterocycles. The molecule has 0 aliphatic carbocycles. The second-order valence-corrected chi connectivity index (χ2v) is 6.45. The number of benzene rings is 1. The van der Waals surface area contributed by atoms with Crippen molar-refractivity contribution in [2.45, 2.75) is 19.3 Å². The normalized spacial score (nSPS) is 18.2. The maximum Gasteiger partial charge on any atom is 0.260 e. The number of ether oxygens (including phenoxy) is 3. The van der Waals surface area contributed by atoms with Crippen LogP contribution in [0.1, 0.15) is 24.8 Å². The van der Waals surface area contributed by atoms with Crippen molar-refractivity contribution < 1.29 is 19.0 Å². The first-order valence-electron chi connectivity index (χ1n) is 9.21. The predicted octanol–water partition coefficient (Wildman–Crippen LogP) is 1.75. The average molecular weight is 361 g/mol. The number of rotatable bonds is 6. The lowest BCUT2D eigenvalue weighted by Crippen LogP contribution is -2.43. The minimum atomic E-state index is -0.0360. The van der Waals surface area contributed by atoms with Crippen LogP contribution in [0.2, 0.25) is 0 Å². The largest absolute Gasteiger partial charge is 0.493 e. The van der Waals surface area contributed by atoms with Gasteiger partial charge in [0.1, 0.15) is 0 Å². The van der Waals surface area contributed by atoms with Crippen molar-refractivity contribution in [2.75, 3.05) is 53.1 Å². The minimum absolute atomic E-state index is 0.00241. The Balaban J connectivity index is 1.57. The number of morpholine rings is 1. The van der Waals surface area contributed by atoms with Crippen LogP contribution in [0.4, 0.5) is 0 Å². The van der Waals surface area contributed by atoms with Crippen molar-refractivity contribution in [3.8, 4) is 11.5 Å². The molecule has 0 atom stereocenters. The third-order valence-electron chi connectivity index (χ3n) is 4.61. The number of hydrogen-bond donors (Lipinski definition) is 0. The second kappa shape index (κ2) is 9.43. The van der Waals surface area contributed by atoms with E-state index in [-0.39, 0.29) is 12.5 Å². The average Bonchev–Trinajstić information content (AvgIpc) is 2.72. The molecule has 26 heavy (non-hydrogen) atoms. The second-order valence-electron chi connectivity index (χ2n) is 6.45. The standard InChI is InChI=1S/C19H27N3O4/c1-24-18-13-16(14-20-22-7-3-2-4-8-22)5-6-17(18)26-15-19(23)21-9-11-25-12-10-21/h5-6,13-14H,2-4,7-12,15H2,1H3/b20-14+. The summed E-state index contributed by atoms with van der Waals surface area (Å²) in [4.78, 5) is 14.0. The highest BCUT2D eigenvalue weighted by Crippen LogP contribution is 2.27. The van der Waals surface area contributed by atoms with Crippen molar-refractivity contribution in [3.63, 3.8) is 0 Å². The Hall–Kier alpha value is -2.28. The van der Waals surface area contributed by atoms with Gasteiger partial charge in [0, 0.05) is 26.2 Å². The summed E-state index contributed by atoms with van der Waals surface area (Å²) in [5, 5.41) is 6.63. The van der Waals surface area contributed by atoms with Crippen molar-refractivity contribution >= 4 is 12.1 Å². The van der Waals surface area contributed by atoms with Gasteiger partial charge in [-0.05, 0) is 43.0 Å². The summed E-state index contributed by atoms with van der Waals surface area (Å²) in [6, 6.07) is 5.62. The number of methoxy groups -OCH3 is 1. The van der Waals surface area contributed by atoms with E-state index in [9.17, 15) is 4.79 Å². The minimum Gasteiger partial charge on any atom is -0.493 e. The lowest BCUT2D eigenvalue weighted by Gasteiger charge is -2.26. The van der Waals surface area contributed by atoms with Gasteiger partial charge in [-0.15, -0.1) is 0 Å². The van der Waals surface area contributed by atoms with Gasteiger partial charge < -0.3 is 19.1 Å². The van der Waals surface area contributed by atoms with Crippen molar-refractivity contribution in [1.82, 2.24) is 9.91 Å². The van der Waals surface area contributed by atoms with Gasteiger partial charge in [0.15, 0.2) is 18.1 Å². The molecule has 3 rings (SSSR count). The van der Waals surface area contributed by atoms with Gasteiger partial charge in [-0.25, -0.2) is 0 Å². The molecule has 142 valence electrons. The van der Waals surface area contributed by atoms with E-state index in [1.807, 2.05) is 24.4 Å². The third-order valence-corrected chi connectivity index (χ3v) is 4.61. The van der Waals surface area contributed by atoms with Gasteiger partial charge in [-0.1, -0.05) is 0 Å². The topological polar surface area (TPSA) is 63.6 Å². The Labute approximate surface area is 154 Å². The lowest BCUT2D eigenvalue weighted by molar-refractivity contribution is -0.137. The van der Waals surface area contributed by atoms with Crippen molar-refractivity contribution in [1.29, 1.82) is 0 Å². The van der Waals surface area contributed by atoms with Crippen LogP contribution < -0.4 is 9.47 Å². The first-order valence-corrected chi connectivity index (χ1v) is 9.21. The summed E-state index contributed by atoms with van der Waals surface area (Å²) in [7, 11) is 1.59. The molecule has 0 bridgehead atoms. The molecule has 1 aromatic rings. The molecule has 0 radical (unpaired) electrons. The first kappa shape index (κ1) is 18.5. The number of carbonyl (C=O) groups is 1. The van der Waals surface area contributed by atoms with E-state index < -0.39 is 0 Å². The Morgan fingerprint density at radius 2 is 1.92 bits per heavy atom. The van der Waals surface area contributed by atoms with E-state index in [4.69, 9.17) is 14.2 Å². The summed E-state index contributed by atoms with van der Waals surface area (Å²) in [6.07, 6.45) is 5.53. The molecule has 2 fully saturated rings. The number of hydrogen-bond acceptors (Lipinski definition) is 6. The molecular weight excluding hydrogens is 334 g/mol. The fourth-order valence-corrected chi connectivity index (χ4v) is 3.07. The van der Waals surface area contributed by atoms with Gasteiger partial charge >= 0.3 is 0 Å². The van der Waals surface area contributed by atoms with Crippen LogP contribution in [0.3, 0.4) is 0 Å². The lowest BCUT2D eigenvalue weighted by atomic mass is 10.2. The van der Waals surface area contributed by atoms with Crippen molar-refractivity contribution in [2.24, 2.45) is 5.10 Å². The number of carbonyl (C=O) groups excluding carboxylic acids is 1. The molecule has 0 unspecified atom stereocenters. The monoisotopic (exact) mass is 361 g/mol.